The van der Waals surface area contributed by atoms with Gasteiger partial charge < -0.3 is 14.6 Å². The fourth-order valence-electron chi connectivity index (χ4n) is 2.79. The van der Waals surface area contributed by atoms with E-state index in [4.69, 9.17) is 9.47 Å². The van der Waals surface area contributed by atoms with E-state index in [0.717, 1.165) is 32.5 Å². The average molecular weight is 182 g/mol. The zero-order chi connectivity index (χ0) is 8.89. The van der Waals surface area contributed by atoms with Crippen LogP contribution in [0.5, 0.6) is 0 Å². The molecule has 2 atom stereocenters. The summed E-state index contributed by atoms with van der Waals surface area (Å²) in [4.78, 5) is 0. The van der Waals surface area contributed by atoms with E-state index >= 15 is 0 Å². The predicted octanol–water partition coefficient (Wildman–Crippen LogP) is 0.831. The molecule has 0 radical (unpaired) electrons. The Bertz CT molecular complexity index is 253. The average Bonchev–Trinajstić information content (AvgIpc) is 2.67. The number of aliphatic hydroxyl groups excluding tert-OH is 1. The van der Waals surface area contributed by atoms with Gasteiger partial charge in [-0.1, -0.05) is 11.6 Å². The van der Waals surface area contributed by atoms with E-state index in [-0.39, 0.29) is 11.9 Å². The van der Waals surface area contributed by atoms with Crippen LogP contribution in [-0.4, -0.2) is 30.2 Å². The highest BCUT2D eigenvalue weighted by Crippen LogP contribution is 2.48. The van der Waals surface area contributed by atoms with E-state index in [2.05, 4.69) is 0 Å². The van der Waals surface area contributed by atoms with Crippen molar-refractivity contribution >= 4 is 0 Å². The molecule has 0 amide bonds. The molecule has 1 saturated carbocycles. The molecule has 1 saturated heterocycles. The van der Waals surface area contributed by atoms with Gasteiger partial charge in [-0.25, -0.2) is 0 Å². The highest BCUT2D eigenvalue weighted by atomic mass is 16.7. The van der Waals surface area contributed by atoms with E-state index in [1.54, 1.807) is 0 Å². The van der Waals surface area contributed by atoms with Crippen LogP contribution in [0, 0.1) is 5.92 Å². The van der Waals surface area contributed by atoms with Crippen molar-refractivity contribution in [2.45, 2.75) is 31.2 Å². The van der Waals surface area contributed by atoms with Crippen molar-refractivity contribution in [2.24, 2.45) is 5.92 Å². The highest BCUT2D eigenvalue weighted by Gasteiger charge is 2.48. The van der Waals surface area contributed by atoms with Crippen LogP contribution in [0.25, 0.3) is 0 Å². The zero-order valence-electron chi connectivity index (χ0n) is 7.53. The van der Waals surface area contributed by atoms with E-state index in [1.165, 1.54) is 5.57 Å². The Labute approximate surface area is 77.3 Å². The van der Waals surface area contributed by atoms with Gasteiger partial charge in [-0.2, -0.15) is 0 Å². The van der Waals surface area contributed by atoms with E-state index in [0.29, 0.717) is 5.92 Å². The normalized spacial score (nSPS) is 41.2. The Kier molecular flexibility index (Phi) is 1.57. The van der Waals surface area contributed by atoms with Gasteiger partial charge in [0.05, 0.1) is 19.3 Å². The van der Waals surface area contributed by atoms with Gasteiger partial charge in [0.15, 0.2) is 5.79 Å². The summed E-state index contributed by atoms with van der Waals surface area (Å²) >= 11 is 0. The third kappa shape index (κ3) is 1.15. The minimum atomic E-state index is -0.309. The SMILES string of the molecule is OC1C=C2CC3(CC2C1)OCCO3. The maximum absolute atomic E-state index is 9.41. The molecule has 2 fully saturated rings. The van der Waals surface area contributed by atoms with Gasteiger partial charge in [-0.15, -0.1) is 0 Å². The largest absolute Gasteiger partial charge is 0.389 e. The van der Waals surface area contributed by atoms with Crippen molar-refractivity contribution in [1.29, 1.82) is 0 Å². The van der Waals surface area contributed by atoms with Gasteiger partial charge in [-0.3, -0.25) is 0 Å². The first-order valence-corrected chi connectivity index (χ1v) is 4.94. The molecule has 1 N–H and O–H groups in total. The van der Waals surface area contributed by atoms with Crippen LogP contribution in [0.4, 0.5) is 0 Å². The molecule has 0 aromatic rings. The lowest BCUT2D eigenvalue weighted by Gasteiger charge is -2.21. The zero-order valence-corrected chi connectivity index (χ0v) is 7.53. The van der Waals surface area contributed by atoms with Crippen molar-refractivity contribution in [1.82, 2.24) is 0 Å². The quantitative estimate of drug-likeness (QED) is 0.564. The molecule has 1 spiro atoms. The van der Waals surface area contributed by atoms with Crippen LogP contribution in [-0.2, 0) is 9.47 Å². The van der Waals surface area contributed by atoms with Crippen LogP contribution in [0.3, 0.4) is 0 Å². The smallest absolute Gasteiger partial charge is 0.172 e. The Morgan fingerprint density at radius 1 is 1.38 bits per heavy atom. The first kappa shape index (κ1) is 7.97. The molecule has 13 heavy (non-hydrogen) atoms. The number of ether oxygens (including phenoxy) is 2. The molecule has 72 valence electrons. The Balaban J connectivity index is 1.82. The second-order valence-corrected chi connectivity index (χ2v) is 4.23. The molecule has 2 aliphatic carbocycles. The van der Waals surface area contributed by atoms with E-state index in [1.807, 2.05) is 6.08 Å². The minimum absolute atomic E-state index is 0.223. The van der Waals surface area contributed by atoms with Crippen molar-refractivity contribution in [2.75, 3.05) is 13.2 Å². The third-order valence-electron chi connectivity index (χ3n) is 3.30. The Morgan fingerprint density at radius 2 is 2.15 bits per heavy atom. The third-order valence-corrected chi connectivity index (χ3v) is 3.30. The summed E-state index contributed by atoms with van der Waals surface area (Å²) < 4.78 is 11.3. The van der Waals surface area contributed by atoms with Crippen LogP contribution >= 0.6 is 0 Å². The number of aliphatic hydroxyl groups is 1. The van der Waals surface area contributed by atoms with Crippen molar-refractivity contribution in [3.63, 3.8) is 0 Å². The fraction of sp³-hybridized carbons (Fsp3) is 0.800. The lowest BCUT2D eigenvalue weighted by molar-refractivity contribution is -0.152. The minimum Gasteiger partial charge on any atom is -0.389 e. The summed E-state index contributed by atoms with van der Waals surface area (Å²) in [5, 5.41) is 9.41. The lowest BCUT2D eigenvalue weighted by Crippen LogP contribution is -2.26. The first-order chi connectivity index (χ1) is 6.27. The summed E-state index contributed by atoms with van der Waals surface area (Å²) in [6, 6.07) is 0. The van der Waals surface area contributed by atoms with Crippen LogP contribution < -0.4 is 0 Å². The van der Waals surface area contributed by atoms with Gasteiger partial charge in [0.2, 0.25) is 0 Å². The summed E-state index contributed by atoms with van der Waals surface area (Å²) in [5.41, 5.74) is 1.34. The van der Waals surface area contributed by atoms with Crippen molar-refractivity contribution in [3.05, 3.63) is 11.6 Å². The number of hydrogen-bond acceptors (Lipinski definition) is 3. The maximum Gasteiger partial charge on any atom is 0.172 e. The summed E-state index contributed by atoms with van der Waals surface area (Å²) in [6.45, 7) is 1.45. The van der Waals surface area contributed by atoms with E-state index < -0.39 is 0 Å². The molecule has 3 aliphatic rings. The van der Waals surface area contributed by atoms with Crippen molar-refractivity contribution in [3.8, 4) is 0 Å². The van der Waals surface area contributed by atoms with Gasteiger partial charge in [0.1, 0.15) is 0 Å². The maximum atomic E-state index is 9.41. The summed E-state index contributed by atoms with van der Waals surface area (Å²) in [7, 11) is 0. The standard InChI is InChI=1S/C10H14O3/c11-9-3-7-5-10(6-8(7)4-9)12-1-2-13-10/h3,8-9,11H,1-2,4-6H2. The lowest BCUT2D eigenvalue weighted by atomic mass is 10.0. The number of fused-ring (bicyclic) bond motifs is 1. The molecule has 1 aliphatic heterocycles. The van der Waals surface area contributed by atoms with Crippen LogP contribution in [0.1, 0.15) is 19.3 Å². The number of hydrogen-bond donors (Lipinski definition) is 1. The Morgan fingerprint density at radius 3 is 2.85 bits per heavy atom. The molecule has 0 aromatic carbocycles. The van der Waals surface area contributed by atoms with Crippen LogP contribution in [0.15, 0.2) is 11.6 Å². The van der Waals surface area contributed by atoms with Crippen LogP contribution in [0.2, 0.25) is 0 Å². The summed E-state index contributed by atoms with van der Waals surface area (Å²) in [6.07, 6.45) is 4.43. The highest BCUT2D eigenvalue weighted by molar-refractivity contribution is 5.23. The van der Waals surface area contributed by atoms with Gasteiger partial charge in [-0.05, 0) is 12.3 Å². The van der Waals surface area contributed by atoms with Gasteiger partial charge in [0, 0.05) is 12.8 Å². The number of rotatable bonds is 0. The molecule has 1 heterocycles. The molecule has 3 rings (SSSR count). The molecule has 3 nitrogen and oxygen atoms in total. The Hall–Kier alpha value is -0.380. The van der Waals surface area contributed by atoms with Gasteiger partial charge >= 0.3 is 0 Å². The molecule has 0 bridgehead atoms. The van der Waals surface area contributed by atoms with Gasteiger partial charge in [0.25, 0.3) is 0 Å². The second-order valence-electron chi connectivity index (χ2n) is 4.23. The van der Waals surface area contributed by atoms with E-state index in [9.17, 15) is 5.11 Å². The fourth-order valence-corrected chi connectivity index (χ4v) is 2.79. The molecule has 2 unspecified atom stereocenters. The topological polar surface area (TPSA) is 38.7 Å². The van der Waals surface area contributed by atoms with Crippen molar-refractivity contribution < 1.29 is 14.6 Å². The monoisotopic (exact) mass is 182 g/mol. The molecular weight excluding hydrogens is 168 g/mol. The molecule has 0 aromatic heterocycles. The molecular formula is C10H14O3. The predicted molar refractivity (Wildman–Crippen MR) is 46.1 cm³/mol. The second kappa shape index (κ2) is 2.56. The first-order valence-electron chi connectivity index (χ1n) is 4.94. The molecule has 3 heteroatoms. The summed E-state index contributed by atoms with van der Waals surface area (Å²) in [5.74, 6) is 0.199.